The minimum Gasteiger partial charge on any atom is -0.495 e. The highest BCUT2D eigenvalue weighted by Crippen LogP contribution is 2.31. The molecule has 1 saturated heterocycles. The maximum atomic E-state index is 5.62. The van der Waals surface area contributed by atoms with Gasteiger partial charge in [-0.1, -0.05) is 12.1 Å². The number of benzene rings is 1. The molecule has 7 heteroatoms. The lowest BCUT2D eigenvalue weighted by Crippen LogP contribution is -2.38. The van der Waals surface area contributed by atoms with Gasteiger partial charge in [-0.15, -0.1) is 0 Å². The van der Waals surface area contributed by atoms with Crippen molar-refractivity contribution in [1.29, 1.82) is 0 Å². The van der Waals surface area contributed by atoms with Crippen molar-refractivity contribution in [2.75, 3.05) is 51.3 Å². The minimum atomic E-state index is 0.519. The quantitative estimate of drug-likeness (QED) is 0.334. The Hall–Kier alpha value is -2.67. The Labute approximate surface area is 179 Å². The number of hydrogen-bond acceptors (Lipinski definition) is 5. The van der Waals surface area contributed by atoms with Gasteiger partial charge in [0, 0.05) is 39.3 Å². The van der Waals surface area contributed by atoms with E-state index < -0.39 is 0 Å². The summed E-state index contributed by atoms with van der Waals surface area (Å²) in [5.74, 6) is 3.21. The maximum Gasteiger partial charge on any atom is 0.191 e. The fraction of sp³-hybridized carbons (Fsp3) is 0.522. The Kier molecular flexibility index (Phi) is 8.90. The van der Waals surface area contributed by atoms with Crippen molar-refractivity contribution < 1.29 is 13.9 Å². The van der Waals surface area contributed by atoms with Crippen LogP contribution in [0.3, 0.4) is 0 Å². The first kappa shape index (κ1) is 22.0. The van der Waals surface area contributed by atoms with Gasteiger partial charge in [-0.2, -0.15) is 0 Å². The molecule has 30 heavy (non-hydrogen) atoms. The highest BCUT2D eigenvalue weighted by Gasteiger charge is 2.24. The van der Waals surface area contributed by atoms with Crippen LogP contribution in [0.2, 0.25) is 0 Å². The topological polar surface area (TPSA) is 71.3 Å². The van der Waals surface area contributed by atoms with Gasteiger partial charge >= 0.3 is 0 Å². The van der Waals surface area contributed by atoms with E-state index in [0.717, 1.165) is 63.0 Å². The van der Waals surface area contributed by atoms with E-state index in [1.807, 2.05) is 24.3 Å². The van der Waals surface area contributed by atoms with E-state index in [4.69, 9.17) is 18.9 Å². The second-order valence-corrected chi connectivity index (χ2v) is 7.40. The molecular formula is C23H34N4O3. The number of methoxy groups -OCH3 is 1. The lowest BCUT2D eigenvalue weighted by atomic mass is 10.1. The molecule has 1 aliphatic heterocycles. The summed E-state index contributed by atoms with van der Waals surface area (Å²) in [6.07, 6.45) is 3.72. The molecule has 0 spiro atoms. The number of ether oxygens (including phenoxy) is 2. The Morgan fingerprint density at radius 3 is 2.93 bits per heavy atom. The third kappa shape index (κ3) is 6.69. The second-order valence-electron chi connectivity index (χ2n) is 7.40. The predicted octanol–water partition coefficient (Wildman–Crippen LogP) is 3.28. The minimum absolute atomic E-state index is 0.519. The van der Waals surface area contributed by atoms with Gasteiger partial charge in [0.05, 0.1) is 19.1 Å². The molecule has 0 radical (unpaired) electrons. The largest absolute Gasteiger partial charge is 0.495 e. The van der Waals surface area contributed by atoms with Crippen LogP contribution in [-0.4, -0.2) is 52.4 Å². The molecule has 0 amide bonds. The normalized spacial score (nSPS) is 16.7. The number of aliphatic imine (C=N–C) groups is 1. The molecule has 164 valence electrons. The summed E-state index contributed by atoms with van der Waals surface area (Å²) in [5, 5.41) is 6.73. The van der Waals surface area contributed by atoms with Crippen LogP contribution in [0.4, 0.5) is 5.69 Å². The zero-order valence-corrected chi connectivity index (χ0v) is 18.1. The van der Waals surface area contributed by atoms with E-state index >= 15 is 0 Å². The van der Waals surface area contributed by atoms with Gasteiger partial charge in [-0.05, 0) is 49.9 Å². The Morgan fingerprint density at radius 1 is 1.23 bits per heavy atom. The first-order valence-corrected chi connectivity index (χ1v) is 10.8. The van der Waals surface area contributed by atoms with Gasteiger partial charge in [0.2, 0.25) is 0 Å². The van der Waals surface area contributed by atoms with Crippen molar-refractivity contribution in [3.8, 4) is 5.75 Å². The molecule has 2 heterocycles. The highest BCUT2D eigenvalue weighted by atomic mass is 16.5. The molecule has 7 nitrogen and oxygen atoms in total. The molecule has 1 fully saturated rings. The Bertz CT molecular complexity index is 764. The van der Waals surface area contributed by atoms with Crippen LogP contribution in [0.15, 0.2) is 52.1 Å². The molecule has 2 aromatic rings. The fourth-order valence-corrected chi connectivity index (χ4v) is 3.60. The molecule has 0 bridgehead atoms. The van der Waals surface area contributed by atoms with Crippen LogP contribution in [0.1, 0.15) is 25.5 Å². The van der Waals surface area contributed by atoms with E-state index in [2.05, 4.69) is 34.6 Å². The van der Waals surface area contributed by atoms with Gasteiger partial charge in [0.25, 0.3) is 0 Å². The van der Waals surface area contributed by atoms with Crippen LogP contribution in [0, 0.1) is 5.92 Å². The van der Waals surface area contributed by atoms with E-state index in [1.54, 1.807) is 13.4 Å². The maximum absolute atomic E-state index is 5.62. The van der Waals surface area contributed by atoms with Crippen molar-refractivity contribution >= 4 is 11.6 Å². The van der Waals surface area contributed by atoms with E-state index in [-0.39, 0.29) is 0 Å². The van der Waals surface area contributed by atoms with Crippen molar-refractivity contribution in [1.82, 2.24) is 10.6 Å². The summed E-state index contributed by atoms with van der Waals surface area (Å²) >= 11 is 0. The van der Waals surface area contributed by atoms with Crippen molar-refractivity contribution in [2.45, 2.75) is 26.4 Å². The van der Waals surface area contributed by atoms with Gasteiger partial charge in [0.15, 0.2) is 5.96 Å². The van der Waals surface area contributed by atoms with Crippen molar-refractivity contribution in [2.24, 2.45) is 10.9 Å². The molecule has 3 rings (SSSR count). The number of para-hydroxylation sites is 2. The first-order valence-electron chi connectivity index (χ1n) is 10.8. The lowest BCUT2D eigenvalue weighted by Gasteiger charge is -2.21. The fourth-order valence-electron chi connectivity index (χ4n) is 3.60. The van der Waals surface area contributed by atoms with Crippen LogP contribution >= 0.6 is 0 Å². The molecule has 1 aromatic carbocycles. The summed E-state index contributed by atoms with van der Waals surface area (Å²) in [7, 11) is 1.73. The average molecular weight is 415 g/mol. The molecule has 0 saturated carbocycles. The smallest absolute Gasteiger partial charge is 0.191 e. The monoisotopic (exact) mass is 414 g/mol. The molecule has 1 aliphatic rings. The third-order valence-electron chi connectivity index (χ3n) is 5.15. The Balaban J connectivity index is 1.38. The van der Waals surface area contributed by atoms with Gasteiger partial charge in [-0.3, -0.25) is 4.99 Å². The predicted molar refractivity (Wildman–Crippen MR) is 120 cm³/mol. The number of anilines is 1. The van der Waals surface area contributed by atoms with Crippen LogP contribution in [0.5, 0.6) is 5.75 Å². The molecule has 1 aromatic heterocycles. The standard InChI is InChI=1S/C23H34N4O3/c1-3-24-23(25-12-7-14-29-18-20-8-6-15-30-20)26-16-19-11-13-27(17-19)21-9-4-5-10-22(21)28-2/h4-6,8-10,15,19H,3,7,11-14,16-18H2,1-2H3,(H2,24,25,26). The van der Waals surface area contributed by atoms with Crippen molar-refractivity contribution in [3.63, 3.8) is 0 Å². The first-order chi connectivity index (χ1) is 14.8. The van der Waals surface area contributed by atoms with Crippen LogP contribution in [0.25, 0.3) is 0 Å². The van der Waals surface area contributed by atoms with Gasteiger partial charge in [-0.25, -0.2) is 0 Å². The number of nitrogens with one attached hydrogen (secondary N) is 2. The Morgan fingerprint density at radius 2 is 2.13 bits per heavy atom. The van der Waals surface area contributed by atoms with E-state index in [0.29, 0.717) is 19.1 Å². The number of guanidine groups is 1. The van der Waals surface area contributed by atoms with E-state index in [9.17, 15) is 0 Å². The number of furan rings is 1. The summed E-state index contributed by atoms with van der Waals surface area (Å²) in [5.41, 5.74) is 1.17. The molecule has 0 aliphatic carbocycles. The number of hydrogen-bond donors (Lipinski definition) is 2. The second kappa shape index (κ2) is 12.1. The van der Waals surface area contributed by atoms with Crippen molar-refractivity contribution in [3.05, 3.63) is 48.4 Å². The molecular weight excluding hydrogens is 380 g/mol. The lowest BCUT2D eigenvalue weighted by molar-refractivity contribution is 0.105. The van der Waals surface area contributed by atoms with E-state index in [1.165, 1.54) is 5.69 Å². The SMILES string of the molecule is CCNC(=NCC1CCN(c2ccccc2OC)C1)NCCCOCc1ccco1. The third-order valence-corrected chi connectivity index (χ3v) is 5.15. The highest BCUT2D eigenvalue weighted by molar-refractivity contribution is 5.79. The zero-order valence-electron chi connectivity index (χ0n) is 18.1. The zero-order chi connectivity index (χ0) is 21.0. The number of nitrogens with zero attached hydrogens (tertiary/aromatic N) is 2. The number of rotatable bonds is 11. The molecule has 1 atom stereocenters. The summed E-state index contributed by atoms with van der Waals surface area (Å²) in [6, 6.07) is 12.0. The summed E-state index contributed by atoms with van der Waals surface area (Å²) in [4.78, 5) is 7.20. The molecule has 1 unspecified atom stereocenters. The van der Waals surface area contributed by atoms with Gasteiger partial charge in [0.1, 0.15) is 18.1 Å². The average Bonchev–Trinajstić information content (AvgIpc) is 3.46. The van der Waals surface area contributed by atoms with Crippen LogP contribution in [-0.2, 0) is 11.3 Å². The molecule has 2 N–H and O–H groups in total. The summed E-state index contributed by atoms with van der Waals surface area (Å²) < 4.78 is 16.4. The summed E-state index contributed by atoms with van der Waals surface area (Å²) in [6.45, 7) is 7.82. The van der Waals surface area contributed by atoms with Crippen LogP contribution < -0.4 is 20.3 Å². The van der Waals surface area contributed by atoms with Gasteiger partial charge < -0.3 is 29.4 Å².